The van der Waals surface area contributed by atoms with Gasteiger partial charge >= 0.3 is 0 Å². The molecule has 0 spiro atoms. The topological polar surface area (TPSA) is 89.6 Å². The number of hydrogen-bond acceptors (Lipinski definition) is 6. The largest absolute Gasteiger partial charge is 0.495 e. The first-order chi connectivity index (χ1) is 10.8. The molecule has 0 amide bonds. The average Bonchev–Trinajstić information content (AvgIpc) is 2.49. The van der Waals surface area contributed by atoms with E-state index in [9.17, 15) is 8.42 Å². The first kappa shape index (κ1) is 17.2. The predicted molar refractivity (Wildman–Crippen MR) is 90.5 cm³/mol. The molecule has 0 saturated carbocycles. The maximum absolute atomic E-state index is 11.2. The number of nitrogens with one attached hydrogen (secondary N) is 2. The first-order valence-electron chi connectivity index (χ1n) is 6.45. The molecule has 7 nitrogen and oxygen atoms in total. The molecule has 0 aliphatic rings. The number of ether oxygens (including phenoxy) is 2. The standard InChI is InChI=1S/C14H16ClN3O4S/c1-21-12-7-11(13(22-2)6-10(12)15)17-9-4-5-14(16-8-9)18-23(3,19)20/h4-8,17H,1-3H3,(H,16,18). The first-order valence-corrected chi connectivity index (χ1v) is 8.71. The molecule has 124 valence electrons. The smallest absolute Gasteiger partial charge is 0.230 e. The maximum atomic E-state index is 11.2. The fraction of sp³-hybridized carbons (Fsp3) is 0.214. The van der Waals surface area contributed by atoms with Crippen LogP contribution in [-0.4, -0.2) is 33.9 Å². The van der Waals surface area contributed by atoms with Crippen LogP contribution in [0, 0.1) is 0 Å². The molecule has 0 bridgehead atoms. The fourth-order valence-electron chi connectivity index (χ4n) is 1.83. The predicted octanol–water partition coefficient (Wildman–Crippen LogP) is 2.87. The van der Waals surface area contributed by atoms with Gasteiger partial charge in [-0.3, -0.25) is 4.72 Å². The number of benzene rings is 1. The van der Waals surface area contributed by atoms with E-state index >= 15 is 0 Å². The van der Waals surface area contributed by atoms with Crippen LogP contribution in [0.25, 0.3) is 0 Å². The zero-order chi connectivity index (χ0) is 17.0. The van der Waals surface area contributed by atoms with E-state index in [1.165, 1.54) is 20.4 Å². The average molecular weight is 358 g/mol. The maximum Gasteiger partial charge on any atom is 0.230 e. The molecule has 0 atom stereocenters. The van der Waals surface area contributed by atoms with Crippen LogP contribution >= 0.6 is 11.6 Å². The molecular formula is C14H16ClN3O4S. The summed E-state index contributed by atoms with van der Waals surface area (Å²) < 4.78 is 35.0. The van der Waals surface area contributed by atoms with E-state index in [-0.39, 0.29) is 5.82 Å². The minimum atomic E-state index is -3.36. The summed E-state index contributed by atoms with van der Waals surface area (Å²) in [5.74, 6) is 1.27. The van der Waals surface area contributed by atoms with Crippen LogP contribution in [0.2, 0.25) is 5.02 Å². The second kappa shape index (κ2) is 6.93. The Bertz CT molecular complexity index is 794. The molecule has 0 saturated heterocycles. The lowest BCUT2D eigenvalue weighted by Crippen LogP contribution is -2.10. The van der Waals surface area contributed by atoms with Crippen molar-refractivity contribution in [3.8, 4) is 11.5 Å². The summed E-state index contributed by atoms with van der Waals surface area (Å²) in [5, 5.41) is 3.54. The van der Waals surface area contributed by atoms with E-state index in [0.717, 1.165) is 6.26 Å². The van der Waals surface area contributed by atoms with E-state index in [0.29, 0.717) is 27.9 Å². The third-order valence-corrected chi connectivity index (χ3v) is 3.68. The van der Waals surface area contributed by atoms with Crippen molar-refractivity contribution in [1.29, 1.82) is 0 Å². The molecule has 1 aromatic heterocycles. The van der Waals surface area contributed by atoms with Gasteiger partial charge in [0.15, 0.2) is 0 Å². The Morgan fingerprint density at radius 2 is 1.83 bits per heavy atom. The second-order valence-corrected chi connectivity index (χ2v) is 6.77. The number of sulfonamides is 1. The van der Waals surface area contributed by atoms with Gasteiger partial charge in [-0.2, -0.15) is 0 Å². The van der Waals surface area contributed by atoms with E-state index in [2.05, 4.69) is 15.0 Å². The van der Waals surface area contributed by atoms with Gasteiger partial charge in [0.25, 0.3) is 0 Å². The van der Waals surface area contributed by atoms with Gasteiger partial charge in [-0.15, -0.1) is 0 Å². The molecular weight excluding hydrogens is 342 g/mol. The summed E-state index contributed by atoms with van der Waals surface area (Å²) in [7, 11) is -0.310. The van der Waals surface area contributed by atoms with Gasteiger partial charge in [0, 0.05) is 12.1 Å². The van der Waals surface area contributed by atoms with Crippen LogP contribution in [0.1, 0.15) is 0 Å². The number of hydrogen-bond donors (Lipinski definition) is 2. The van der Waals surface area contributed by atoms with Gasteiger partial charge in [-0.05, 0) is 12.1 Å². The van der Waals surface area contributed by atoms with E-state index in [4.69, 9.17) is 21.1 Å². The Labute approximate surface area is 139 Å². The zero-order valence-corrected chi connectivity index (χ0v) is 14.3. The zero-order valence-electron chi connectivity index (χ0n) is 12.8. The molecule has 2 aromatic rings. The van der Waals surface area contributed by atoms with Crippen LogP contribution in [0.15, 0.2) is 30.5 Å². The van der Waals surface area contributed by atoms with Gasteiger partial charge in [0.05, 0.1) is 43.1 Å². The number of aromatic nitrogens is 1. The monoisotopic (exact) mass is 357 g/mol. The highest BCUT2D eigenvalue weighted by molar-refractivity contribution is 7.92. The Balaban J connectivity index is 2.25. The molecule has 0 aliphatic carbocycles. The number of nitrogens with zero attached hydrogens (tertiary/aromatic N) is 1. The van der Waals surface area contributed by atoms with Gasteiger partial charge in [-0.1, -0.05) is 11.6 Å². The van der Waals surface area contributed by atoms with E-state index in [1.807, 2.05) is 0 Å². The lowest BCUT2D eigenvalue weighted by atomic mass is 10.2. The van der Waals surface area contributed by atoms with Gasteiger partial charge in [0.1, 0.15) is 17.3 Å². The molecule has 2 N–H and O–H groups in total. The molecule has 0 fully saturated rings. The van der Waals surface area contributed by atoms with Crippen molar-refractivity contribution in [2.24, 2.45) is 0 Å². The lowest BCUT2D eigenvalue weighted by Gasteiger charge is -2.14. The fourth-order valence-corrected chi connectivity index (χ4v) is 2.56. The van der Waals surface area contributed by atoms with Crippen molar-refractivity contribution in [2.45, 2.75) is 0 Å². The van der Waals surface area contributed by atoms with Crippen LogP contribution in [0.3, 0.4) is 0 Å². The Hall–Kier alpha value is -2.19. The highest BCUT2D eigenvalue weighted by atomic mass is 35.5. The number of anilines is 3. The van der Waals surface area contributed by atoms with Gasteiger partial charge in [0.2, 0.25) is 10.0 Å². The molecule has 0 unspecified atom stereocenters. The third kappa shape index (κ3) is 4.64. The van der Waals surface area contributed by atoms with Crippen molar-refractivity contribution >= 4 is 38.8 Å². The summed E-state index contributed by atoms with van der Waals surface area (Å²) >= 11 is 6.06. The molecule has 9 heteroatoms. The lowest BCUT2D eigenvalue weighted by molar-refractivity contribution is 0.405. The van der Waals surface area contributed by atoms with Crippen LogP contribution in [-0.2, 0) is 10.0 Å². The summed E-state index contributed by atoms with van der Waals surface area (Å²) in [4.78, 5) is 4.02. The molecule has 1 heterocycles. The SMILES string of the molecule is COc1cc(Nc2ccc(NS(C)(=O)=O)nc2)c(OC)cc1Cl. The second-order valence-electron chi connectivity index (χ2n) is 4.62. The van der Waals surface area contributed by atoms with Crippen molar-refractivity contribution in [2.75, 3.05) is 30.5 Å². The molecule has 1 aromatic carbocycles. The third-order valence-electron chi connectivity index (χ3n) is 2.81. The van der Waals surface area contributed by atoms with Crippen molar-refractivity contribution in [1.82, 2.24) is 4.98 Å². The highest BCUT2D eigenvalue weighted by Crippen LogP contribution is 2.37. The van der Waals surface area contributed by atoms with Crippen LogP contribution in [0.5, 0.6) is 11.5 Å². The van der Waals surface area contributed by atoms with Crippen molar-refractivity contribution in [3.05, 3.63) is 35.5 Å². The quantitative estimate of drug-likeness (QED) is 0.826. The van der Waals surface area contributed by atoms with Crippen LogP contribution in [0.4, 0.5) is 17.2 Å². The molecule has 0 radical (unpaired) electrons. The molecule has 0 aliphatic heterocycles. The number of pyridine rings is 1. The highest BCUT2D eigenvalue weighted by Gasteiger charge is 2.10. The van der Waals surface area contributed by atoms with Gasteiger partial charge in [-0.25, -0.2) is 13.4 Å². The van der Waals surface area contributed by atoms with Crippen molar-refractivity contribution in [3.63, 3.8) is 0 Å². The van der Waals surface area contributed by atoms with Crippen LogP contribution < -0.4 is 19.5 Å². The Morgan fingerprint density at radius 3 is 2.35 bits per heavy atom. The number of rotatable bonds is 6. The number of halogens is 1. The van der Waals surface area contributed by atoms with E-state index < -0.39 is 10.0 Å². The minimum Gasteiger partial charge on any atom is -0.495 e. The summed E-state index contributed by atoms with van der Waals surface area (Å²) in [6.45, 7) is 0. The minimum absolute atomic E-state index is 0.235. The van der Waals surface area contributed by atoms with E-state index in [1.54, 1.807) is 24.3 Å². The Morgan fingerprint density at radius 1 is 1.13 bits per heavy atom. The summed E-state index contributed by atoms with van der Waals surface area (Å²) in [6.07, 6.45) is 2.56. The van der Waals surface area contributed by atoms with Gasteiger partial charge < -0.3 is 14.8 Å². The summed E-state index contributed by atoms with van der Waals surface area (Å²) in [5.41, 5.74) is 1.28. The Kier molecular flexibility index (Phi) is 5.17. The molecule has 23 heavy (non-hydrogen) atoms. The molecule has 2 rings (SSSR count). The van der Waals surface area contributed by atoms with Crippen molar-refractivity contribution < 1.29 is 17.9 Å². The number of methoxy groups -OCH3 is 2. The summed E-state index contributed by atoms with van der Waals surface area (Å²) in [6, 6.07) is 6.56. The normalized spacial score (nSPS) is 11.0.